The van der Waals surface area contributed by atoms with E-state index in [9.17, 15) is 9.59 Å². The van der Waals surface area contributed by atoms with Gasteiger partial charge in [-0.15, -0.1) is 0 Å². The molecule has 4 aromatic carbocycles. The highest BCUT2D eigenvalue weighted by molar-refractivity contribution is 9.10. The van der Waals surface area contributed by atoms with Gasteiger partial charge in [0.2, 0.25) is 0 Å². The topological polar surface area (TPSA) is 58.2 Å². The maximum Gasteiger partial charge on any atom is 0.255 e. The first kappa shape index (κ1) is 26.4. The minimum atomic E-state index is -0.245. The number of halogens is 2. The van der Waals surface area contributed by atoms with E-state index in [-0.39, 0.29) is 22.6 Å². The van der Waals surface area contributed by atoms with Gasteiger partial charge in [0.25, 0.3) is 11.8 Å². The molecule has 0 aromatic heterocycles. The Labute approximate surface area is 240 Å². The summed E-state index contributed by atoms with van der Waals surface area (Å²) in [6.07, 6.45) is 0.935. The second kappa shape index (κ2) is 10.2. The van der Waals surface area contributed by atoms with E-state index in [1.807, 2.05) is 42.5 Å². The van der Waals surface area contributed by atoms with Gasteiger partial charge in [-0.25, -0.2) is 0 Å². The first-order valence-corrected chi connectivity index (χ1v) is 14.0. The van der Waals surface area contributed by atoms with Gasteiger partial charge in [0.1, 0.15) is 0 Å². The first-order valence-electron chi connectivity index (χ1n) is 12.4. The van der Waals surface area contributed by atoms with Gasteiger partial charge in [-0.2, -0.15) is 0 Å². The lowest BCUT2D eigenvalue weighted by Gasteiger charge is -2.29. The molecule has 4 aromatic rings. The Morgan fingerprint density at radius 1 is 0.632 bits per heavy atom. The van der Waals surface area contributed by atoms with E-state index in [4.69, 9.17) is 0 Å². The number of carbonyl (C=O) groups excluding carboxylic acids is 2. The number of carbonyl (C=O) groups is 2. The minimum absolute atomic E-state index is 0.0210. The highest BCUT2D eigenvalue weighted by Gasteiger charge is 2.45. The maximum atomic E-state index is 12.9. The van der Waals surface area contributed by atoms with Gasteiger partial charge in [-0.05, 0) is 101 Å². The smallest absolute Gasteiger partial charge is 0.255 e. The number of hydrogen-bond donors (Lipinski definition) is 2. The van der Waals surface area contributed by atoms with E-state index in [2.05, 4.69) is 87.5 Å². The Bertz CT molecular complexity index is 1510. The molecule has 0 heterocycles. The highest BCUT2D eigenvalue weighted by Crippen LogP contribution is 2.53. The largest absolute Gasteiger partial charge is 0.322 e. The summed E-state index contributed by atoms with van der Waals surface area (Å²) in [5.41, 5.74) is 6.14. The summed E-state index contributed by atoms with van der Waals surface area (Å²) in [6, 6.07) is 29.0. The average molecular weight is 632 g/mol. The molecule has 0 aliphatic heterocycles. The summed E-state index contributed by atoms with van der Waals surface area (Å²) < 4.78 is 1.87. The maximum absolute atomic E-state index is 12.9. The molecule has 2 amide bonds. The average Bonchev–Trinajstić information content (AvgIpc) is 3.10. The number of anilines is 2. The standard InChI is InChI=1S/C32H28Br2N2O2/c1-31(2)19-32(3,22-8-14-25(15-9-22)35-29(37)20-4-10-23(33)11-5-20)28-18-26(16-17-27(28)31)36-30(38)21-6-12-24(34)13-7-21/h4-18H,19H2,1-3H3,(H,35,37)(H,36,38). The highest BCUT2D eigenvalue weighted by atomic mass is 79.9. The summed E-state index contributed by atoms with van der Waals surface area (Å²) >= 11 is 6.82. The van der Waals surface area contributed by atoms with Gasteiger partial charge < -0.3 is 10.6 Å². The van der Waals surface area contributed by atoms with Crippen molar-refractivity contribution in [3.8, 4) is 0 Å². The predicted molar refractivity (Wildman–Crippen MR) is 161 cm³/mol. The van der Waals surface area contributed by atoms with Crippen molar-refractivity contribution in [2.75, 3.05) is 10.6 Å². The van der Waals surface area contributed by atoms with Gasteiger partial charge in [0, 0.05) is 36.9 Å². The number of benzene rings is 4. The normalized spacial score (nSPS) is 17.5. The second-order valence-electron chi connectivity index (χ2n) is 10.7. The molecular weight excluding hydrogens is 604 g/mol. The third-order valence-corrected chi connectivity index (χ3v) is 8.45. The van der Waals surface area contributed by atoms with Crippen molar-refractivity contribution in [3.05, 3.63) is 128 Å². The molecule has 0 radical (unpaired) electrons. The molecule has 1 aliphatic rings. The molecule has 0 fully saturated rings. The zero-order valence-corrected chi connectivity index (χ0v) is 24.6. The van der Waals surface area contributed by atoms with Crippen molar-refractivity contribution in [2.45, 2.75) is 38.0 Å². The van der Waals surface area contributed by atoms with Crippen molar-refractivity contribution in [2.24, 2.45) is 0 Å². The Hall–Kier alpha value is -3.22. The molecule has 4 nitrogen and oxygen atoms in total. The molecule has 0 spiro atoms. The van der Waals surface area contributed by atoms with Gasteiger partial charge >= 0.3 is 0 Å². The summed E-state index contributed by atoms with van der Waals surface area (Å²) in [5, 5.41) is 6.06. The summed E-state index contributed by atoms with van der Waals surface area (Å²) in [7, 11) is 0. The molecule has 0 bridgehead atoms. The lowest BCUT2D eigenvalue weighted by Crippen LogP contribution is -2.23. The van der Waals surface area contributed by atoms with Crippen LogP contribution in [0.25, 0.3) is 0 Å². The van der Waals surface area contributed by atoms with Crippen LogP contribution in [0.15, 0.2) is 99.9 Å². The van der Waals surface area contributed by atoms with Crippen molar-refractivity contribution in [1.82, 2.24) is 0 Å². The van der Waals surface area contributed by atoms with Crippen LogP contribution in [0.5, 0.6) is 0 Å². The molecule has 38 heavy (non-hydrogen) atoms. The summed E-state index contributed by atoms with van der Waals surface area (Å²) in [5.74, 6) is -0.280. The van der Waals surface area contributed by atoms with Crippen LogP contribution >= 0.6 is 31.9 Å². The van der Waals surface area contributed by atoms with E-state index >= 15 is 0 Å². The lowest BCUT2D eigenvalue weighted by atomic mass is 9.75. The molecule has 1 unspecified atom stereocenters. The van der Waals surface area contributed by atoms with Gasteiger partial charge in [0.05, 0.1) is 0 Å². The third kappa shape index (κ3) is 5.20. The molecule has 6 heteroatoms. The van der Waals surface area contributed by atoms with Crippen molar-refractivity contribution in [1.29, 1.82) is 0 Å². The van der Waals surface area contributed by atoms with E-state index in [1.165, 1.54) is 16.7 Å². The minimum Gasteiger partial charge on any atom is -0.322 e. The van der Waals surface area contributed by atoms with Gasteiger partial charge in [-0.1, -0.05) is 70.8 Å². The zero-order valence-electron chi connectivity index (χ0n) is 21.4. The molecule has 0 saturated carbocycles. The van der Waals surface area contributed by atoms with Crippen molar-refractivity contribution < 1.29 is 9.59 Å². The van der Waals surface area contributed by atoms with E-state index in [0.29, 0.717) is 11.1 Å². The number of nitrogens with one attached hydrogen (secondary N) is 2. The van der Waals surface area contributed by atoms with E-state index in [0.717, 1.165) is 26.7 Å². The van der Waals surface area contributed by atoms with Gasteiger partial charge in [-0.3, -0.25) is 9.59 Å². The van der Waals surface area contributed by atoms with Crippen LogP contribution in [0.2, 0.25) is 0 Å². The Balaban J connectivity index is 1.40. The van der Waals surface area contributed by atoms with Crippen molar-refractivity contribution in [3.63, 3.8) is 0 Å². The molecule has 1 aliphatic carbocycles. The number of hydrogen-bond acceptors (Lipinski definition) is 2. The fourth-order valence-electron chi connectivity index (χ4n) is 5.53. The molecule has 0 saturated heterocycles. The van der Waals surface area contributed by atoms with Crippen molar-refractivity contribution >= 4 is 55.0 Å². The molecule has 1 atom stereocenters. The SMILES string of the molecule is CC1(C)CC(C)(c2ccc(NC(=O)c3ccc(Br)cc3)cc2)c2cc(NC(=O)c3ccc(Br)cc3)ccc21. The first-order chi connectivity index (χ1) is 18.0. The van der Waals surface area contributed by atoms with Crippen LogP contribution < -0.4 is 10.6 Å². The fourth-order valence-corrected chi connectivity index (χ4v) is 6.06. The molecule has 192 valence electrons. The van der Waals surface area contributed by atoms with Crippen LogP contribution in [-0.2, 0) is 10.8 Å². The van der Waals surface area contributed by atoms with Crippen LogP contribution in [0.1, 0.15) is 64.6 Å². The fraction of sp³-hybridized carbons (Fsp3) is 0.188. The lowest BCUT2D eigenvalue weighted by molar-refractivity contribution is 0.101. The quantitative estimate of drug-likeness (QED) is 0.231. The van der Waals surface area contributed by atoms with E-state index < -0.39 is 0 Å². The summed E-state index contributed by atoms with van der Waals surface area (Å²) in [4.78, 5) is 25.5. The Kier molecular flexibility index (Phi) is 7.05. The van der Waals surface area contributed by atoms with Crippen LogP contribution in [0.3, 0.4) is 0 Å². The summed E-state index contributed by atoms with van der Waals surface area (Å²) in [6.45, 7) is 6.80. The van der Waals surface area contributed by atoms with Crippen LogP contribution in [0, 0.1) is 0 Å². The van der Waals surface area contributed by atoms with Crippen LogP contribution in [0.4, 0.5) is 11.4 Å². The van der Waals surface area contributed by atoms with Gasteiger partial charge in [0.15, 0.2) is 0 Å². The third-order valence-electron chi connectivity index (χ3n) is 7.39. The Morgan fingerprint density at radius 3 is 1.63 bits per heavy atom. The Morgan fingerprint density at radius 2 is 1.11 bits per heavy atom. The second-order valence-corrected chi connectivity index (χ2v) is 12.5. The molecule has 5 rings (SSSR count). The zero-order chi connectivity index (χ0) is 27.1. The monoisotopic (exact) mass is 630 g/mol. The molecule has 2 N–H and O–H groups in total. The van der Waals surface area contributed by atoms with E-state index in [1.54, 1.807) is 24.3 Å². The molecular formula is C32H28Br2N2O2. The predicted octanol–water partition coefficient (Wildman–Crippen LogP) is 8.70. The van der Waals surface area contributed by atoms with Crippen LogP contribution in [-0.4, -0.2) is 11.8 Å². The number of amides is 2. The number of rotatable bonds is 5. The number of fused-ring (bicyclic) bond motifs is 1.